The van der Waals surface area contributed by atoms with E-state index in [9.17, 15) is 13.2 Å². The fourth-order valence-corrected chi connectivity index (χ4v) is 4.25. The van der Waals surface area contributed by atoms with Crippen molar-refractivity contribution in [1.29, 1.82) is 0 Å². The molecule has 1 aromatic heterocycles. The van der Waals surface area contributed by atoms with Gasteiger partial charge in [0.05, 0.1) is 12.9 Å². The lowest BCUT2D eigenvalue weighted by atomic mass is 9.99. The average molecular weight is 496 g/mol. The normalized spacial score (nSPS) is 14.3. The maximum Gasteiger partial charge on any atom is 0.264 e. The van der Waals surface area contributed by atoms with Gasteiger partial charge in [0.25, 0.3) is 5.91 Å². The molecule has 9 heteroatoms. The van der Waals surface area contributed by atoms with E-state index in [-0.39, 0.29) is 5.56 Å². The number of amides is 1. The lowest BCUT2D eigenvalue weighted by Crippen LogP contribution is -2.30. The van der Waals surface area contributed by atoms with E-state index < -0.39 is 15.9 Å². The Bertz CT molecular complexity index is 1240. The summed E-state index contributed by atoms with van der Waals surface area (Å²) in [5.41, 5.74) is 3.05. The lowest BCUT2D eigenvalue weighted by Gasteiger charge is -2.22. The molecule has 1 saturated heterocycles. The van der Waals surface area contributed by atoms with Gasteiger partial charge < -0.3 is 14.8 Å². The van der Waals surface area contributed by atoms with E-state index in [1.54, 1.807) is 30.5 Å². The molecule has 0 aliphatic carbocycles. The maximum atomic E-state index is 11.9. The molecule has 0 spiro atoms. The zero-order chi connectivity index (χ0) is 24.7. The number of carbonyl (C=O) groups is 1. The van der Waals surface area contributed by atoms with Crippen molar-refractivity contribution >= 4 is 15.9 Å². The molecule has 2 heterocycles. The molecule has 0 saturated carbocycles. The largest absolute Gasteiger partial charge is 0.489 e. The van der Waals surface area contributed by atoms with Crippen molar-refractivity contribution in [2.24, 2.45) is 5.92 Å². The van der Waals surface area contributed by atoms with Crippen LogP contribution in [0.2, 0.25) is 0 Å². The fraction of sp³-hybridized carbons (Fsp3) is 0.308. The number of pyridine rings is 1. The first kappa shape index (κ1) is 24.7. The lowest BCUT2D eigenvalue weighted by molar-refractivity contribution is 0.0981. The van der Waals surface area contributed by atoms with Gasteiger partial charge in [0.2, 0.25) is 15.9 Å². The summed E-state index contributed by atoms with van der Waals surface area (Å²) in [4.78, 5) is 16.4. The summed E-state index contributed by atoms with van der Waals surface area (Å²) in [6, 6.07) is 18.2. The van der Waals surface area contributed by atoms with Gasteiger partial charge in [0.15, 0.2) is 0 Å². The molecule has 2 aromatic carbocycles. The van der Waals surface area contributed by atoms with Crippen LogP contribution >= 0.6 is 0 Å². The Morgan fingerprint density at radius 1 is 1.03 bits per heavy atom. The third-order valence-corrected chi connectivity index (χ3v) is 6.29. The highest BCUT2D eigenvalue weighted by Gasteiger charge is 2.14. The fourth-order valence-electron chi connectivity index (χ4n) is 3.80. The van der Waals surface area contributed by atoms with Crippen LogP contribution in [0.15, 0.2) is 66.9 Å². The first-order valence-corrected chi connectivity index (χ1v) is 13.4. The number of aromatic nitrogens is 1. The Morgan fingerprint density at radius 3 is 2.49 bits per heavy atom. The van der Waals surface area contributed by atoms with E-state index in [0.717, 1.165) is 48.9 Å². The highest BCUT2D eigenvalue weighted by atomic mass is 32.2. The van der Waals surface area contributed by atoms with Crippen molar-refractivity contribution < 1.29 is 22.7 Å². The van der Waals surface area contributed by atoms with Crippen molar-refractivity contribution in [3.05, 3.63) is 78.0 Å². The summed E-state index contributed by atoms with van der Waals surface area (Å²) in [6.45, 7) is 3.10. The molecule has 0 radical (unpaired) electrons. The molecule has 3 aromatic rings. The molecule has 1 amide bonds. The van der Waals surface area contributed by atoms with E-state index in [4.69, 9.17) is 9.47 Å². The van der Waals surface area contributed by atoms with Gasteiger partial charge in [-0.3, -0.25) is 4.79 Å². The van der Waals surface area contributed by atoms with Crippen molar-refractivity contribution in [1.82, 2.24) is 15.0 Å². The SMILES string of the molecule is CS(=O)(=O)NC(=O)c1ccc(COc2cccc(-c3ccc(OCC4CCNCC4)nc3)c2)cc1. The van der Waals surface area contributed by atoms with Gasteiger partial charge in [-0.1, -0.05) is 24.3 Å². The number of rotatable bonds is 9. The molecular formula is C26H29N3O5S. The van der Waals surface area contributed by atoms with Crippen LogP contribution in [-0.2, 0) is 16.6 Å². The zero-order valence-corrected chi connectivity index (χ0v) is 20.4. The van der Waals surface area contributed by atoms with Crippen LogP contribution in [0.1, 0.15) is 28.8 Å². The van der Waals surface area contributed by atoms with Crippen LogP contribution in [0.3, 0.4) is 0 Å². The third kappa shape index (κ3) is 7.53. The quantitative estimate of drug-likeness (QED) is 0.469. The molecule has 1 aliphatic heterocycles. The highest BCUT2D eigenvalue weighted by Crippen LogP contribution is 2.25. The summed E-state index contributed by atoms with van der Waals surface area (Å²) in [5.74, 6) is 1.25. The Balaban J connectivity index is 1.32. The second kappa shape index (κ2) is 11.3. The molecular weight excluding hydrogens is 466 g/mol. The molecule has 0 unspecified atom stereocenters. The van der Waals surface area contributed by atoms with E-state index in [0.29, 0.717) is 30.8 Å². The molecule has 0 atom stereocenters. The van der Waals surface area contributed by atoms with Crippen molar-refractivity contribution in [2.75, 3.05) is 26.0 Å². The molecule has 8 nitrogen and oxygen atoms in total. The van der Waals surface area contributed by atoms with Crippen LogP contribution in [0, 0.1) is 5.92 Å². The number of nitrogens with zero attached hydrogens (tertiary/aromatic N) is 1. The predicted molar refractivity (Wildman–Crippen MR) is 134 cm³/mol. The van der Waals surface area contributed by atoms with Gasteiger partial charge >= 0.3 is 0 Å². The number of carbonyl (C=O) groups excluding carboxylic acids is 1. The van der Waals surface area contributed by atoms with Crippen LogP contribution < -0.4 is 19.5 Å². The molecule has 1 fully saturated rings. The Morgan fingerprint density at radius 2 is 1.80 bits per heavy atom. The Labute approximate surface area is 205 Å². The summed E-state index contributed by atoms with van der Waals surface area (Å²) >= 11 is 0. The minimum Gasteiger partial charge on any atom is -0.489 e. The number of sulfonamides is 1. The molecule has 35 heavy (non-hydrogen) atoms. The second-order valence-corrected chi connectivity index (χ2v) is 10.4. The van der Waals surface area contributed by atoms with E-state index in [2.05, 4.69) is 10.3 Å². The van der Waals surface area contributed by atoms with Gasteiger partial charge in [0, 0.05) is 23.4 Å². The molecule has 184 valence electrons. The minimum atomic E-state index is -3.60. The van der Waals surface area contributed by atoms with E-state index >= 15 is 0 Å². The number of ether oxygens (including phenoxy) is 2. The standard InChI is InChI=1S/C26H29N3O5S/c1-35(31,32)29-26(30)21-7-5-19(6-8-21)17-33-24-4-2-3-22(15-24)23-9-10-25(28-16-23)34-18-20-11-13-27-14-12-20/h2-10,15-16,20,27H,11-14,17-18H2,1H3,(H,29,30). The summed E-state index contributed by atoms with van der Waals surface area (Å²) in [5, 5.41) is 3.36. The van der Waals surface area contributed by atoms with Crippen LogP contribution in [0.25, 0.3) is 11.1 Å². The van der Waals surface area contributed by atoms with Crippen molar-refractivity contribution in [3.8, 4) is 22.8 Å². The van der Waals surface area contributed by atoms with Crippen LogP contribution in [-0.4, -0.2) is 45.3 Å². The van der Waals surface area contributed by atoms with E-state index in [1.165, 1.54) is 0 Å². The highest BCUT2D eigenvalue weighted by molar-refractivity contribution is 7.89. The smallest absolute Gasteiger partial charge is 0.264 e. The average Bonchev–Trinajstić information content (AvgIpc) is 2.87. The first-order chi connectivity index (χ1) is 16.9. The molecule has 0 bridgehead atoms. The van der Waals surface area contributed by atoms with E-state index in [1.807, 2.05) is 41.1 Å². The maximum absolute atomic E-state index is 11.9. The van der Waals surface area contributed by atoms with Crippen molar-refractivity contribution in [3.63, 3.8) is 0 Å². The topological polar surface area (TPSA) is 107 Å². The Kier molecular flexibility index (Phi) is 7.99. The van der Waals surface area contributed by atoms with Crippen molar-refractivity contribution in [2.45, 2.75) is 19.4 Å². The van der Waals surface area contributed by atoms with Gasteiger partial charge in [-0.05, 0) is 73.3 Å². The van der Waals surface area contributed by atoms with Crippen LogP contribution in [0.5, 0.6) is 11.6 Å². The second-order valence-electron chi connectivity index (χ2n) is 8.61. The minimum absolute atomic E-state index is 0.261. The zero-order valence-electron chi connectivity index (χ0n) is 19.6. The molecule has 2 N–H and O–H groups in total. The molecule has 4 rings (SSSR count). The van der Waals surface area contributed by atoms with Gasteiger partial charge in [-0.25, -0.2) is 18.1 Å². The number of hydrogen-bond donors (Lipinski definition) is 2. The summed E-state index contributed by atoms with van der Waals surface area (Å²) < 4.78 is 36.2. The summed E-state index contributed by atoms with van der Waals surface area (Å²) in [7, 11) is -3.60. The first-order valence-electron chi connectivity index (χ1n) is 11.5. The third-order valence-electron chi connectivity index (χ3n) is 5.73. The van der Waals surface area contributed by atoms with Crippen LogP contribution in [0.4, 0.5) is 0 Å². The monoisotopic (exact) mass is 495 g/mol. The predicted octanol–water partition coefficient (Wildman–Crippen LogP) is 3.40. The summed E-state index contributed by atoms with van der Waals surface area (Å²) in [6.07, 6.45) is 5.01. The molecule has 1 aliphatic rings. The van der Waals surface area contributed by atoms with Gasteiger partial charge in [-0.15, -0.1) is 0 Å². The Hall–Kier alpha value is -3.43. The van der Waals surface area contributed by atoms with Gasteiger partial charge in [0.1, 0.15) is 12.4 Å². The number of piperidine rings is 1. The van der Waals surface area contributed by atoms with Gasteiger partial charge in [-0.2, -0.15) is 0 Å². The number of hydrogen-bond acceptors (Lipinski definition) is 7. The number of benzene rings is 2. The number of nitrogens with one attached hydrogen (secondary N) is 2.